The zero-order valence-corrected chi connectivity index (χ0v) is 67.4. The van der Waals surface area contributed by atoms with Crippen molar-refractivity contribution < 1.29 is 75.7 Å². The molecule has 6 aromatic rings. The number of hydrogen-bond acceptors (Lipinski definition) is 23. The number of aryl methyl sites for hydroxylation is 7. The van der Waals surface area contributed by atoms with Crippen LogP contribution < -0.4 is 16.0 Å². The number of halogens is 4. The van der Waals surface area contributed by atoms with E-state index in [0.717, 1.165) is 220 Å². The number of anilines is 3. The molecule has 6 aromatic heterocycles. The van der Waals surface area contributed by atoms with E-state index in [4.69, 9.17) is 43.4 Å². The fourth-order valence-corrected chi connectivity index (χ4v) is 17.4. The second-order valence-electron chi connectivity index (χ2n) is 33.1. The maximum atomic E-state index is 14.3. The molecule has 9 atom stereocenters. The number of aromatic nitrogens is 8. The highest BCUT2D eigenvalue weighted by Crippen LogP contribution is 2.43. The number of aliphatic carboxylic acids is 3. The first kappa shape index (κ1) is 85.8. The van der Waals surface area contributed by atoms with Gasteiger partial charge in [0, 0.05) is 138 Å². The van der Waals surface area contributed by atoms with Crippen molar-refractivity contribution in [3.63, 3.8) is 0 Å². The molecule has 15 heterocycles. The van der Waals surface area contributed by atoms with Crippen molar-refractivity contribution >= 4 is 35.4 Å². The van der Waals surface area contributed by atoms with Gasteiger partial charge in [-0.2, -0.15) is 13.2 Å². The van der Waals surface area contributed by atoms with Crippen LogP contribution in [0.25, 0.3) is 0 Å². The fraction of sp³-hybridized carbons (Fsp3) is 0.640. The molecule has 6 saturated heterocycles. The summed E-state index contributed by atoms with van der Waals surface area (Å²) in [4.78, 5) is 77.8. The van der Waals surface area contributed by atoms with E-state index in [-0.39, 0.29) is 47.2 Å². The molecule has 9 aliphatic heterocycles. The van der Waals surface area contributed by atoms with Gasteiger partial charge < -0.3 is 59.7 Å². The van der Waals surface area contributed by atoms with Gasteiger partial charge in [-0.15, -0.1) is 0 Å². The van der Waals surface area contributed by atoms with Crippen molar-refractivity contribution in [3.05, 3.63) is 146 Å². The van der Waals surface area contributed by atoms with E-state index < -0.39 is 60.0 Å². The second-order valence-corrected chi connectivity index (χ2v) is 33.1. The van der Waals surface area contributed by atoms with Gasteiger partial charge in [-0.25, -0.2) is 39.3 Å². The SMILES string of the molecule is CC1(C)CC[C@@H](c2ncc(F)cc2[C@@H](C(=O)O)N2CC[C@@H](OCCCCc3ccc4c(n3)NCCC4)C2)OC1.Cc1ncc([C@@H](C(=O)O)N2CC[C@@H](OCCCCc3ccc4c(n3)NCCC4)C2)c([C@@H]2CCCCO2)n1.O=C(O)[C@H](c1cnc(C(F)(F)F)nc1[C@@H]1CCCCO1)N1CC[C@@H](OCCCCc2ccc3c(n2)NCCC3)C1. The van der Waals surface area contributed by atoms with Gasteiger partial charge in [0.25, 0.3) is 0 Å². The van der Waals surface area contributed by atoms with Crippen LogP contribution in [0, 0.1) is 18.2 Å². The smallest absolute Gasteiger partial charge is 0.451 e. The molecule has 0 aliphatic carbocycles. The minimum Gasteiger partial charge on any atom is -0.480 e. The molecule has 6 N–H and O–H groups in total. The Kier molecular flexibility index (Phi) is 30.4. The minimum absolute atomic E-state index is 0.0183. The fourth-order valence-electron chi connectivity index (χ4n) is 17.4. The van der Waals surface area contributed by atoms with Gasteiger partial charge >= 0.3 is 24.1 Å². The largest absolute Gasteiger partial charge is 0.480 e. The quantitative estimate of drug-likeness (QED) is 0.0180. The number of carbonyl (C=O) groups is 3. The van der Waals surface area contributed by atoms with Crippen molar-refractivity contribution in [2.45, 2.75) is 249 Å². The van der Waals surface area contributed by atoms with Gasteiger partial charge in [-0.05, 0) is 220 Å². The van der Waals surface area contributed by atoms with Gasteiger partial charge in [-0.3, -0.25) is 34.1 Å². The average molecular weight is 1610 g/mol. The van der Waals surface area contributed by atoms with Gasteiger partial charge in [0.1, 0.15) is 47.2 Å². The number of ether oxygens (including phenoxy) is 6. The van der Waals surface area contributed by atoms with Crippen molar-refractivity contribution in [2.24, 2.45) is 5.41 Å². The summed E-state index contributed by atoms with van der Waals surface area (Å²) in [5.41, 5.74) is 9.72. The van der Waals surface area contributed by atoms with Crippen molar-refractivity contribution in [1.29, 1.82) is 0 Å². The topological polar surface area (TPSA) is 316 Å². The van der Waals surface area contributed by atoms with E-state index in [0.29, 0.717) is 114 Å². The van der Waals surface area contributed by atoms with Gasteiger partial charge in [-0.1, -0.05) is 32.0 Å². The van der Waals surface area contributed by atoms with Gasteiger partial charge in [0.15, 0.2) is 0 Å². The van der Waals surface area contributed by atoms with E-state index in [1.54, 1.807) is 11.1 Å². The molecule has 0 bridgehead atoms. The summed E-state index contributed by atoms with van der Waals surface area (Å²) in [6, 6.07) is 11.3. The molecule has 0 radical (unpaired) electrons. The summed E-state index contributed by atoms with van der Waals surface area (Å²) in [5, 5.41) is 40.7. The third-order valence-electron chi connectivity index (χ3n) is 23.6. The Bertz CT molecular complexity index is 4240. The van der Waals surface area contributed by atoms with Gasteiger partial charge in [0.05, 0.1) is 66.5 Å². The number of hydrogen-bond donors (Lipinski definition) is 6. The Balaban J connectivity index is 0.000000151. The number of carboxylic acid groups (broad SMARTS) is 3. The third kappa shape index (κ3) is 23.3. The minimum atomic E-state index is -4.74. The van der Waals surface area contributed by atoms with E-state index in [1.807, 2.05) is 16.7 Å². The molecule has 9 aliphatic rings. The van der Waals surface area contributed by atoms with Crippen LogP contribution in [-0.4, -0.2) is 205 Å². The molecule has 26 nitrogen and oxygen atoms in total. The maximum Gasteiger partial charge on any atom is 0.451 e. The molecule has 0 unspecified atom stereocenters. The first-order chi connectivity index (χ1) is 56.2. The predicted octanol–water partition coefficient (Wildman–Crippen LogP) is 13.8. The predicted molar refractivity (Wildman–Crippen MR) is 426 cm³/mol. The number of nitrogens with zero attached hydrogens (tertiary/aromatic N) is 11. The second kappa shape index (κ2) is 41.1. The lowest BCUT2D eigenvalue weighted by Crippen LogP contribution is -2.35. The molecule has 30 heteroatoms. The standard InChI is InChI=1S/C30H41FN4O4.C28H36F3N5O4.C28H39N5O4/c1-30(2)12-10-25(39-19-30)26-24(16-21(31)17-33-26)27(29(36)37)35-14-11-23(18-35)38-15-4-3-7-22-9-8-20-6-5-13-32-28(20)34-22;29-28(30,31)27-33-16-21(23(35-27)22-8-2-4-15-40-22)24(26(37)38)36-13-11-20(17-36)39-14-3-1-7-19-10-9-18-6-5-12-32-25(18)34-19;1-19-30-17-23(25(31-19)24-9-3-5-16-37-24)26(28(34)35)33-14-12-22(18-33)36-15-4-2-8-21-11-10-20-7-6-13-29-27(20)32-21/h8-9,16-17,23,25,27H,3-7,10-15,18-19H2,1-2H3,(H,32,34)(H,36,37);9-10,16,20,22,24H,1-8,11-15,17H2,(H,32,34)(H,37,38);10-11,17,22,24,26H,2-9,12-16,18H2,1H3,(H,29,32)(H,34,35)/t23-,25+,27+;20-,22+,24+;22-,24+,26+/m111/s1. The molecule has 0 aromatic carbocycles. The Hall–Kier alpha value is -8.07. The van der Waals surface area contributed by atoms with E-state index in [2.05, 4.69) is 91.1 Å². The number of likely N-dealkylation sites (tertiary alicyclic amines) is 3. The third-order valence-corrected chi connectivity index (χ3v) is 23.6. The lowest BCUT2D eigenvalue weighted by atomic mass is 9.84. The molecule has 0 saturated carbocycles. The summed E-state index contributed by atoms with van der Waals surface area (Å²) in [6.45, 7) is 15.7. The normalized spacial score (nSPS) is 23.0. The lowest BCUT2D eigenvalue weighted by molar-refractivity contribution is -0.146. The highest BCUT2D eigenvalue weighted by molar-refractivity contribution is 5.77. The molecule has 6 fully saturated rings. The van der Waals surface area contributed by atoms with Crippen LogP contribution in [0.15, 0.2) is 61.1 Å². The van der Waals surface area contributed by atoms with Crippen LogP contribution >= 0.6 is 0 Å². The van der Waals surface area contributed by atoms with Crippen LogP contribution in [0.2, 0.25) is 0 Å². The van der Waals surface area contributed by atoms with Crippen molar-refractivity contribution in [2.75, 3.05) is 114 Å². The van der Waals surface area contributed by atoms with Crippen LogP contribution in [0.4, 0.5) is 35.0 Å². The van der Waals surface area contributed by atoms with Crippen LogP contribution in [0.3, 0.4) is 0 Å². The number of pyridine rings is 4. The van der Waals surface area contributed by atoms with Crippen molar-refractivity contribution in [3.8, 4) is 0 Å². The first-order valence-electron chi connectivity index (χ1n) is 42.4. The number of carboxylic acids is 3. The highest BCUT2D eigenvalue weighted by Gasteiger charge is 2.44. The van der Waals surface area contributed by atoms with E-state index in [9.17, 15) is 47.3 Å². The monoisotopic (exact) mass is 1610 g/mol. The molecular weight excluding hydrogens is 1500 g/mol. The molecular formula is C86H116F4N14O12. The molecule has 630 valence electrons. The molecule has 15 rings (SSSR count). The summed E-state index contributed by atoms with van der Waals surface area (Å²) >= 11 is 0. The van der Waals surface area contributed by atoms with E-state index in [1.165, 1.54) is 29.2 Å². The molecule has 0 amide bonds. The van der Waals surface area contributed by atoms with Crippen LogP contribution in [0.1, 0.15) is 258 Å². The number of nitrogens with one attached hydrogen (secondary N) is 3. The summed E-state index contributed by atoms with van der Waals surface area (Å²) in [7, 11) is 0. The first-order valence-corrected chi connectivity index (χ1v) is 42.4. The Labute approximate surface area is 677 Å². The lowest BCUT2D eigenvalue weighted by Gasteiger charge is -2.36. The summed E-state index contributed by atoms with van der Waals surface area (Å²) in [6.07, 6.45) is 21.7. The van der Waals surface area contributed by atoms with E-state index >= 15 is 0 Å². The molecule has 0 spiro atoms. The highest BCUT2D eigenvalue weighted by atomic mass is 19.4. The zero-order chi connectivity index (χ0) is 81.1. The summed E-state index contributed by atoms with van der Waals surface area (Å²) in [5.74, 6) is -1.14. The molecule has 116 heavy (non-hydrogen) atoms. The Morgan fingerprint density at radius 2 is 0.931 bits per heavy atom. The maximum absolute atomic E-state index is 14.3. The average Bonchev–Trinajstić information content (AvgIpc) is 1.36. The zero-order valence-electron chi connectivity index (χ0n) is 67.4. The van der Waals surface area contributed by atoms with Crippen molar-refractivity contribution in [1.82, 2.24) is 54.6 Å². The Morgan fingerprint density at radius 3 is 1.34 bits per heavy atom. The number of fused-ring (bicyclic) bond motifs is 3. The van der Waals surface area contributed by atoms with Crippen LogP contribution in [-0.2, 0) is 87.5 Å². The Morgan fingerprint density at radius 1 is 0.509 bits per heavy atom. The number of rotatable bonds is 30. The van der Waals surface area contributed by atoms with Crippen LogP contribution in [0.5, 0.6) is 0 Å². The summed E-state index contributed by atoms with van der Waals surface area (Å²) < 4.78 is 90.7. The number of unbranched alkanes of at least 4 members (excludes halogenated alkanes) is 3. The van der Waals surface area contributed by atoms with Gasteiger partial charge in [0.2, 0.25) is 5.82 Å². The number of alkyl halides is 3.